The van der Waals surface area contributed by atoms with E-state index in [1.54, 1.807) is 0 Å². The highest BCUT2D eigenvalue weighted by Gasteiger charge is 2.21. The lowest BCUT2D eigenvalue weighted by molar-refractivity contribution is -0.143. The molecule has 14 heavy (non-hydrogen) atoms. The predicted molar refractivity (Wildman–Crippen MR) is 49.8 cm³/mol. The van der Waals surface area contributed by atoms with Crippen molar-refractivity contribution in [3.63, 3.8) is 0 Å². The van der Waals surface area contributed by atoms with Crippen molar-refractivity contribution in [3.8, 4) is 0 Å². The Morgan fingerprint density at radius 3 is 2.29 bits per heavy atom. The van der Waals surface area contributed by atoms with Crippen molar-refractivity contribution in [3.05, 3.63) is 0 Å². The lowest BCUT2D eigenvalue weighted by Crippen LogP contribution is -2.41. The van der Waals surface area contributed by atoms with Crippen LogP contribution in [0.15, 0.2) is 0 Å². The summed E-state index contributed by atoms with van der Waals surface area (Å²) in [5, 5.41) is 10.9. The van der Waals surface area contributed by atoms with Crippen molar-refractivity contribution in [2.75, 3.05) is 0 Å². The Balaban J connectivity index is 4.16. The molecule has 5 nitrogen and oxygen atoms in total. The molecule has 0 radical (unpaired) electrons. The second kappa shape index (κ2) is 6.12. The molecule has 0 aliphatic heterocycles. The Kier molecular flexibility index (Phi) is 5.52. The van der Waals surface area contributed by atoms with Gasteiger partial charge in [-0.05, 0) is 6.42 Å². The first-order valence-corrected chi connectivity index (χ1v) is 4.49. The quantitative estimate of drug-likeness (QED) is 0.648. The number of carboxylic acids is 1. The Morgan fingerprint density at radius 1 is 1.36 bits per heavy atom. The third-order valence-corrected chi connectivity index (χ3v) is 1.64. The molecule has 0 heterocycles. The standard InChI is InChI=1S/C9H15NO4/c1-3-4-7(12)5-8(9(13)14)10-6(2)11/h8H,3-5H2,1-2H3,(H,10,11)(H,13,14). The van der Waals surface area contributed by atoms with Crippen molar-refractivity contribution in [2.45, 2.75) is 39.2 Å². The van der Waals surface area contributed by atoms with E-state index in [-0.39, 0.29) is 12.2 Å². The van der Waals surface area contributed by atoms with E-state index in [1.807, 2.05) is 6.92 Å². The van der Waals surface area contributed by atoms with Gasteiger partial charge in [-0.3, -0.25) is 9.59 Å². The smallest absolute Gasteiger partial charge is 0.326 e. The summed E-state index contributed by atoms with van der Waals surface area (Å²) in [6.45, 7) is 3.06. The highest BCUT2D eigenvalue weighted by molar-refractivity contribution is 5.88. The van der Waals surface area contributed by atoms with E-state index in [1.165, 1.54) is 6.92 Å². The van der Waals surface area contributed by atoms with E-state index >= 15 is 0 Å². The molecule has 0 rings (SSSR count). The second-order valence-electron chi connectivity index (χ2n) is 3.08. The highest BCUT2D eigenvalue weighted by Crippen LogP contribution is 1.99. The Bertz CT molecular complexity index is 237. The average molecular weight is 201 g/mol. The number of amides is 1. The van der Waals surface area contributed by atoms with Gasteiger partial charge in [-0.25, -0.2) is 4.79 Å². The third kappa shape index (κ3) is 5.29. The van der Waals surface area contributed by atoms with Gasteiger partial charge in [-0.15, -0.1) is 0 Å². The zero-order valence-corrected chi connectivity index (χ0v) is 8.37. The zero-order chi connectivity index (χ0) is 11.1. The van der Waals surface area contributed by atoms with E-state index in [9.17, 15) is 14.4 Å². The van der Waals surface area contributed by atoms with Gasteiger partial charge in [0.25, 0.3) is 0 Å². The van der Waals surface area contributed by atoms with Crippen LogP contribution in [0.5, 0.6) is 0 Å². The van der Waals surface area contributed by atoms with Gasteiger partial charge >= 0.3 is 5.97 Å². The van der Waals surface area contributed by atoms with Crippen molar-refractivity contribution in [1.82, 2.24) is 5.32 Å². The van der Waals surface area contributed by atoms with Crippen molar-refractivity contribution >= 4 is 17.7 Å². The van der Waals surface area contributed by atoms with Crippen LogP contribution in [0.2, 0.25) is 0 Å². The minimum Gasteiger partial charge on any atom is -0.480 e. The molecule has 0 saturated heterocycles. The summed E-state index contributed by atoms with van der Waals surface area (Å²) in [4.78, 5) is 32.3. The van der Waals surface area contributed by atoms with Crippen molar-refractivity contribution in [2.24, 2.45) is 0 Å². The topological polar surface area (TPSA) is 83.5 Å². The zero-order valence-electron chi connectivity index (χ0n) is 8.37. The Labute approximate surface area is 82.5 Å². The van der Waals surface area contributed by atoms with Gasteiger partial charge < -0.3 is 10.4 Å². The van der Waals surface area contributed by atoms with E-state index < -0.39 is 17.9 Å². The summed E-state index contributed by atoms with van der Waals surface area (Å²) >= 11 is 0. The fraction of sp³-hybridized carbons (Fsp3) is 0.667. The van der Waals surface area contributed by atoms with Gasteiger partial charge in [-0.1, -0.05) is 6.92 Å². The number of aliphatic carboxylic acids is 1. The number of nitrogens with one attached hydrogen (secondary N) is 1. The monoisotopic (exact) mass is 201 g/mol. The molecule has 0 aromatic rings. The lowest BCUT2D eigenvalue weighted by atomic mass is 10.1. The summed E-state index contributed by atoms with van der Waals surface area (Å²) in [6, 6.07) is -1.09. The van der Waals surface area contributed by atoms with Gasteiger partial charge in [0.2, 0.25) is 5.91 Å². The molecule has 0 aliphatic rings. The fourth-order valence-corrected chi connectivity index (χ4v) is 1.05. The molecule has 1 atom stereocenters. The maximum absolute atomic E-state index is 11.1. The number of carbonyl (C=O) groups excluding carboxylic acids is 2. The number of hydrogen-bond acceptors (Lipinski definition) is 3. The van der Waals surface area contributed by atoms with Crippen LogP contribution in [-0.4, -0.2) is 28.8 Å². The molecule has 0 bridgehead atoms. The van der Waals surface area contributed by atoms with Gasteiger partial charge in [-0.2, -0.15) is 0 Å². The van der Waals surface area contributed by atoms with Gasteiger partial charge in [0.05, 0.1) is 0 Å². The van der Waals surface area contributed by atoms with Crippen LogP contribution in [0, 0.1) is 0 Å². The van der Waals surface area contributed by atoms with Crippen LogP contribution in [0.3, 0.4) is 0 Å². The van der Waals surface area contributed by atoms with E-state index in [4.69, 9.17) is 5.11 Å². The first-order chi connectivity index (χ1) is 6.47. The Hall–Kier alpha value is -1.39. The molecule has 0 spiro atoms. The SMILES string of the molecule is CCCC(=O)CC(NC(C)=O)C(=O)O. The van der Waals surface area contributed by atoms with Crippen LogP contribution in [-0.2, 0) is 14.4 Å². The molecule has 1 unspecified atom stereocenters. The molecule has 80 valence electrons. The maximum Gasteiger partial charge on any atom is 0.326 e. The minimum atomic E-state index is -1.18. The van der Waals surface area contributed by atoms with Gasteiger partial charge in [0, 0.05) is 19.8 Å². The molecular formula is C9H15NO4. The molecule has 2 N–H and O–H groups in total. The van der Waals surface area contributed by atoms with E-state index in [0.29, 0.717) is 12.8 Å². The maximum atomic E-state index is 11.1. The number of carboxylic acid groups (broad SMARTS) is 1. The largest absolute Gasteiger partial charge is 0.480 e. The number of carbonyl (C=O) groups is 3. The predicted octanol–water partition coefficient (Wildman–Crippen LogP) is 0.335. The first kappa shape index (κ1) is 12.6. The van der Waals surface area contributed by atoms with Crippen molar-refractivity contribution in [1.29, 1.82) is 0 Å². The third-order valence-electron chi connectivity index (χ3n) is 1.64. The molecule has 5 heteroatoms. The van der Waals surface area contributed by atoms with Crippen LogP contribution in [0.4, 0.5) is 0 Å². The normalized spacial score (nSPS) is 11.9. The molecule has 0 fully saturated rings. The molecule has 0 aliphatic carbocycles. The number of rotatable bonds is 6. The second-order valence-corrected chi connectivity index (χ2v) is 3.08. The summed E-state index contributed by atoms with van der Waals surface area (Å²) in [6.07, 6.45) is 0.900. The van der Waals surface area contributed by atoms with Crippen LogP contribution < -0.4 is 5.32 Å². The molecule has 1 amide bonds. The number of ketones is 1. The van der Waals surface area contributed by atoms with Crippen LogP contribution in [0.25, 0.3) is 0 Å². The summed E-state index contributed by atoms with van der Waals surface area (Å²) in [5.74, 6) is -1.76. The average Bonchev–Trinajstić information content (AvgIpc) is 2.02. The van der Waals surface area contributed by atoms with Crippen LogP contribution in [0.1, 0.15) is 33.1 Å². The number of Topliss-reactive ketones (excluding diaryl/α,β-unsaturated/α-hetero) is 1. The summed E-state index contributed by atoms with van der Waals surface area (Å²) < 4.78 is 0. The summed E-state index contributed by atoms with van der Waals surface area (Å²) in [5.41, 5.74) is 0. The van der Waals surface area contributed by atoms with Crippen LogP contribution >= 0.6 is 0 Å². The number of hydrogen-bond donors (Lipinski definition) is 2. The Morgan fingerprint density at radius 2 is 1.93 bits per heavy atom. The molecule has 0 saturated carbocycles. The highest BCUT2D eigenvalue weighted by atomic mass is 16.4. The van der Waals surface area contributed by atoms with Crippen molar-refractivity contribution < 1.29 is 19.5 Å². The molecule has 0 aromatic carbocycles. The molecule has 0 aromatic heterocycles. The van der Waals surface area contributed by atoms with Gasteiger partial charge in [0.15, 0.2) is 0 Å². The minimum absolute atomic E-state index is 0.136. The fourth-order valence-electron chi connectivity index (χ4n) is 1.05. The van der Waals surface area contributed by atoms with E-state index in [2.05, 4.69) is 5.32 Å². The lowest BCUT2D eigenvalue weighted by Gasteiger charge is -2.11. The molecular weight excluding hydrogens is 186 g/mol. The van der Waals surface area contributed by atoms with Gasteiger partial charge in [0.1, 0.15) is 11.8 Å². The first-order valence-electron chi connectivity index (χ1n) is 4.49. The van der Waals surface area contributed by atoms with E-state index in [0.717, 1.165) is 0 Å². The summed E-state index contributed by atoms with van der Waals surface area (Å²) in [7, 11) is 0.